The third kappa shape index (κ3) is 4.70. The predicted molar refractivity (Wildman–Crippen MR) is 115 cm³/mol. The number of rotatable bonds is 6. The van der Waals surface area contributed by atoms with E-state index in [1.807, 2.05) is 26.0 Å². The average Bonchev–Trinajstić information content (AvgIpc) is 2.99. The van der Waals surface area contributed by atoms with Gasteiger partial charge < -0.3 is 14.8 Å². The first-order valence-electron chi connectivity index (χ1n) is 8.79. The Kier molecular flexibility index (Phi) is 6.42. The average molecular weight is 427 g/mol. The van der Waals surface area contributed by atoms with Gasteiger partial charge in [0, 0.05) is 15.5 Å². The van der Waals surface area contributed by atoms with Gasteiger partial charge in [-0.05, 0) is 55.3 Å². The smallest absolute Gasteiger partial charge is 0.256 e. The van der Waals surface area contributed by atoms with Crippen molar-refractivity contribution in [2.45, 2.75) is 20.5 Å². The second kappa shape index (κ2) is 8.99. The maximum absolute atomic E-state index is 12.7. The quantitative estimate of drug-likeness (QED) is 0.546. The van der Waals surface area contributed by atoms with Gasteiger partial charge in [0.15, 0.2) is 11.5 Å². The highest BCUT2D eigenvalue weighted by Gasteiger charge is 2.17. The number of nitrogens with one attached hydrogen (secondary N) is 1. The molecule has 0 atom stereocenters. The minimum atomic E-state index is -0.315. The van der Waals surface area contributed by atoms with Gasteiger partial charge in [-0.1, -0.05) is 23.7 Å². The van der Waals surface area contributed by atoms with Crippen LogP contribution in [0, 0.1) is 25.2 Å². The molecule has 2 aromatic carbocycles. The van der Waals surface area contributed by atoms with Crippen LogP contribution in [0.3, 0.4) is 0 Å². The van der Waals surface area contributed by atoms with Crippen LogP contribution in [0.15, 0.2) is 42.5 Å². The summed E-state index contributed by atoms with van der Waals surface area (Å²) < 4.78 is 11.2. The van der Waals surface area contributed by atoms with E-state index in [0.717, 1.165) is 16.0 Å². The minimum absolute atomic E-state index is 0.315. The predicted octanol–water partition coefficient (Wildman–Crippen LogP) is 5.73. The fraction of sp³-hybridized carbons (Fsp3) is 0.182. The van der Waals surface area contributed by atoms with Crippen LogP contribution in [0.2, 0.25) is 5.02 Å². The molecule has 5 nitrogen and oxygen atoms in total. The molecule has 0 aliphatic rings. The highest BCUT2D eigenvalue weighted by Crippen LogP contribution is 2.33. The number of nitriles is 1. The van der Waals surface area contributed by atoms with Crippen LogP contribution < -0.4 is 14.8 Å². The molecule has 3 rings (SSSR count). The number of amides is 1. The molecule has 7 heteroatoms. The van der Waals surface area contributed by atoms with Gasteiger partial charge >= 0.3 is 0 Å². The monoisotopic (exact) mass is 426 g/mol. The highest BCUT2D eigenvalue weighted by atomic mass is 35.5. The number of thiophene rings is 1. The summed E-state index contributed by atoms with van der Waals surface area (Å²) in [5.74, 6) is 0.662. The maximum atomic E-state index is 12.7. The first-order valence-corrected chi connectivity index (χ1v) is 9.99. The zero-order valence-electron chi connectivity index (χ0n) is 16.2. The Bertz CT molecular complexity index is 1080. The molecule has 29 heavy (non-hydrogen) atoms. The molecule has 0 bridgehead atoms. The Morgan fingerprint density at radius 2 is 1.90 bits per heavy atom. The molecule has 0 aliphatic carbocycles. The summed E-state index contributed by atoms with van der Waals surface area (Å²) in [7, 11) is 1.52. The van der Waals surface area contributed by atoms with Crippen molar-refractivity contribution >= 4 is 33.8 Å². The molecule has 0 saturated heterocycles. The molecule has 0 fully saturated rings. The highest BCUT2D eigenvalue weighted by molar-refractivity contribution is 7.16. The first kappa shape index (κ1) is 20.7. The third-order valence-electron chi connectivity index (χ3n) is 4.46. The Morgan fingerprint density at radius 1 is 1.17 bits per heavy atom. The van der Waals surface area contributed by atoms with Crippen molar-refractivity contribution in [3.63, 3.8) is 0 Å². The number of methoxy groups -OCH3 is 1. The second-order valence-corrected chi connectivity index (χ2v) is 8.00. The number of benzene rings is 2. The Balaban J connectivity index is 1.75. The lowest BCUT2D eigenvalue weighted by Gasteiger charge is -2.12. The number of hydrogen-bond acceptors (Lipinski definition) is 5. The van der Waals surface area contributed by atoms with Crippen molar-refractivity contribution in [2.75, 3.05) is 12.4 Å². The molecular weight excluding hydrogens is 408 g/mol. The largest absolute Gasteiger partial charge is 0.493 e. The molecule has 0 saturated carbocycles. The van der Waals surface area contributed by atoms with Crippen LogP contribution in [0.5, 0.6) is 11.5 Å². The molecule has 0 aliphatic heterocycles. The van der Waals surface area contributed by atoms with Gasteiger partial charge in [0.2, 0.25) is 0 Å². The number of carbonyl (C=O) groups excluding carboxylic acids is 1. The van der Waals surface area contributed by atoms with E-state index >= 15 is 0 Å². The van der Waals surface area contributed by atoms with E-state index in [1.165, 1.54) is 18.4 Å². The number of aryl methyl sites for hydroxylation is 1. The summed E-state index contributed by atoms with van der Waals surface area (Å²) in [5, 5.41) is 13.4. The number of hydrogen-bond donors (Lipinski definition) is 1. The number of carbonyl (C=O) groups is 1. The zero-order chi connectivity index (χ0) is 21.0. The summed E-state index contributed by atoms with van der Waals surface area (Å²) in [6.45, 7) is 4.14. The van der Waals surface area contributed by atoms with Crippen LogP contribution >= 0.6 is 22.9 Å². The number of anilines is 1. The maximum Gasteiger partial charge on any atom is 0.256 e. The molecule has 0 spiro atoms. The van der Waals surface area contributed by atoms with Crippen LogP contribution in [-0.4, -0.2) is 13.0 Å². The van der Waals surface area contributed by atoms with Crippen LogP contribution in [0.1, 0.15) is 31.9 Å². The summed E-state index contributed by atoms with van der Waals surface area (Å²) in [5.41, 5.74) is 2.76. The summed E-state index contributed by atoms with van der Waals surface area (Å²) in [6, 6.07) is 14.5. The van der Waals surface area contributed by atoms with E-state index in [2.05, 4.69) is 11.4 Å². The lowest BCUT2D eigenvalue weighted by atomic mass is 10.1. The standard InChI is InChI=1S/C22H19ClN2O3S/c1-13-14(2)29-22(18(13)11-24)25-21(26)16-6-9-19(20(10-16)27-3)28-12-15-4-7-17(23)8-5-15/h4-10H,12H2,1-3H3,(H,25,26). The fourth-order valence-electron chi connectivity index (χ4n) is 2.69. The van der Waals surface area contributed by atoms with E-state index in [0.29, 0.717) is 39.3 Å². The molecule has 1 aromatic heterocycles. The SMILES string of the molecule is COc1cc(C(=O)Nc2sc(C)c(C)c2C#N)ccc1OCc1ccc(Cl)cc1. The van der Waals surface area contributed by atoms with Crippen molar-refractivity contribution < 1.29 is 14.3 Å². The van der Waals surface area contributed by atoms with Crippen LogP contribution in [0.4, 0.5) is 5.00 Å². The number of nitrogens with zero attached hydrogens (tertiary/aromatic N) is 1. The number of halogens is 1. The van der Waals surface area contributed by atoms with E-state index < -0.39 is 0 Å². The molecule has 0 unspecified atom stereocenters. The van der Waals surface area contributed by atoms with Gasteiger partial charge in [-0.15, -0.1) is 11.3 Å². The van der Waals surface area contributed by atoms with E-state index in [9.17, 15) is 10.1 Å². The summed E-state index contributed by atoms with van der Waals surface area (Å²) in [4.78, 5) is 13.7. The van der Waals surface area contributed by atoms with E-state index in [-0.39, 0.29) is 5.91 Å². The Hall–Kier alpha value is -3.01. The topological polar surface area (TPSA) is 71.3 Å². The molecule has 1 heterocycles. The summed E-state index contributed by atoms with van der Waals surface area (Å²) >= 11 is 7.28. The van der Waals surface area contributed by atoms with Gasteiger partial charge in [0.05, 0.1) is 12.7 Å². The van der Waals surface area contributed by atoms with Crippen molar-refractivity contribution in [3.05, 3.63) is 74.6 Å². The molecule has 148 valence electrons. The van der Waals surface area contributed by atoms with Crippen LogP contribution in [0.25, 0.3) is 0 Å². The van der Waals surface area contributed by atoms with E-state index in [1.54, 1.807) is 30.3 Å². The van der Waals surface area contributed by atoms with Crippen molar-refractivity contribution in [3.8, 4) is 17.6 Å². The minimum Gasteiger partial charge on any atom is -0.493 e. The van der Waals surface area contributed by atoms with Gasteiger partial charge in [-0.3, -0.25) is 4.79 Å². The zero-order valence-corrected chi connectivity index (χ0v) is 17.8. The lowest BCUT2D eigenvalue weighted by molar-refractivity contribution is 0.102. The molecular formula is C22H19ClN2O3S. The lowest BCUT2D eigenvalue weighted by Crippen LogP contribution is -2.12. The van der Waals surface area contributed by atoms with Gasteiger partial charge in [-0.2, -0.15) is 5.26 Å². The molecule has 1 N–H and O–H groups in total. The normalized spacial score (nSPS) is 10.3. The summed E-state index contributed by atoms with van der Waals surface area (Å²) in [6.07, 6.45) is 0. The molecule has 0 radical (unpaired) electrons. The molecule has 3 aromatic rings. The first-order chi connectivity index (χ1) is 13.9. The van der Waals surface area contributed by atoms with Crippen molar-refractivity contribution in [2.24, 2.45) is 0 Å². The van der Waals surface area contributed by atoms with Gasteiger partial charge in [-0.25, -0.2) is 0 Å². The fourth-order valence-corrected chi connectivity index (χ4v) is 3.83. The molecule has 1 amide bonds. The second-order valence-electron chi connectivity index (χ2n) is 6.33. The Labute approximate surface area is 178 Å². The van der Waals surface area contributed by atoms with Gasteiger partial charge in [0.1, 0.15) is 17.7 Å². The van der Waals surface area contributed by atoms with Crippen LogP contribution in [-0.2, 0) is 6.61 Å². The van der Waals surface area contributed by atoms with E-state index in [4.69, 9.17) is 21.1 Å². The Morgan fingerprint density at radius 3 is 2.55 bits per heavy atom. The van der Waals surface area contributed by atoms with Gasteiger partial charge in [0.25, 0.3) is 5.91 Å². The van der Waals surface area contributed by atoms with Crippen molar-refractivity contribution in [1.82, 2.24) is 0 Å². The van der Waals surface area contributed by atoms with Crippen molar-refractivity contribution in [1.29, 1.82) is 5.26 Å². The number of ether oxygens (including phenoxy) is 2. The third-order valence-corrected chi connectivity index (χ3v) is 5.83.